The van der Waals surface area contributed by atoms with Crippen molar-refractivity contribution in [2.45, 2.75) is 19.9 Å². The monoisotopic (exact) mass is 219 g/mol. The third-order valence-electron chi connectivity index (χ3n) is 2.58. The van der Waals surface area contributed by atoms with E-state index in [1.54, 1.807) is 0 Å². The van der Waals surface area contributed by atoms with Gasteiger partial charge in [-0.15, -0.1) is 0 Å². The molecule has 0 radical (unpaired) electrons. The Hall–Kier alpha value is -1.48. The molecule has 0 aliphatic heterocycles. The molecular formula is C13H17NO2. The van der Waals surface area contributed by atoms with Crippen LogP contribution in [0, 0.1) is 13.8 Å². The second-order valence-electron chi connectivity index (χ2n) is 4.26. The van der Waals surface area contributed by atoms with Gasteiger partial charge in [-0.25, -0.2) is 0 Å². The van der Waals surface area contributed by atoms with Crippen LogP contribution in [0.15, 0.2) is 33.1 Å². The molecule has 2 heterocycles. The molecule has 0 atom stereocenters. The summed E-state index contributed by atoms with van der Waals surface area (Å²) in [6, 6.07) is 7.99. The third-order valence-corrected chi connectivity index (χ3v) is 2.58. The molecule has 0 aliphatic carbocycles. The summed E-state index contributed by atoms with van der Waals surface area (Å²) >= 11 is 0. The van der Waals surface area contributed by atoms with Crippen LogP contribution in [0.2, 0.25) is 0 Å². The maximum Gasteiger partial charge on any atom is 0.129 e. The SMILES string of the molecule is Cc1ccc(C(c2ccc(C)o2)N(C)C)o1. The van der Waals surface area contributed by atoms with Crippen LogP contribution in [0.3, 0.4) is 0 Å². The lowest BCUT2D eigenvalue weighted by molar-refractivity contribution is 0.256. The first-order valence-corrected chi connectivity index (χ1v) is 5.37. The maximum atomic E-state index is 5.67. The van der Waals surface area contributed by atoms with Crippen LogP contribution in [0.5, 0.6) is 0 Å². The van der Waals surface area contributed by atoms with Gasteiger partial charge in [-0.3, -0.25) is 4.90 Å². The molecular weight excluding hydrogens is 202 g/mol. The quantitative estimate of drug-likeness (QED) is 0.794. The van der Waals surface area contributed by atoms with Crippen LogP contribution in [0.4, 0.5) is 0 Å². The Morgan fingerprint density at radius 1 is 0.875 bits per heavy atom. The molecule has 0 bridgehead atoms. The van der Waals surface area contributed by atoms with E-state index < -0.39 is 0 Å². The zero-order valence-electron chi connectivity index (χ0n) is 10.2. The molecule has 0 aliphatic rings. The Morgan fingerprint density at radius 2 is 1.31 bits per heavy atom. The van der Waals surface area contributed by atoms with Gasteiger partial charge in [0, 0.05) is 0 Å². The Morgan fingerprint density at radius 3 is 1.56 bits per heavy atom. The maximum absolute atomic E-state index is 5.67. The normalized spacial score (nSPS) is 11.6. The molecule has 3 nitrogen and oxygen atoms in total. The summed E-state index contributed by atoms with van der Waals surface area (Å²) in [5.74, 6) is 3.67. The van der Waals surface area contributed by atoms with E-state index in [-0.39, 0.29) is 6.04 Å². The molecule has 2 aromatic rings. The van der Waals surface area contributed by atoms with Gasteiger partial charge < -0.3 is 8.83 Å². The summed E-state index contributed by atoms with van der Waals surface area (Å²) < 4.78 is 11.3. The molecule has 16 heavy (non-hydrogen) atoms. The van der Waals surface area contributed by atoms with E-state index in [4.69, 9.17) is 8.83 Å². The van der Waals surface area contributed by atoms with Crippen molar-refractivity contribution in [3.63, 3.8) is 0 Å². The van der Waals surface area contributed by atoms with E-state index in [2.05, 4.69) is 4.90 Å². The Balaban J connectivity index is 2.38. The van der Waals surface area contributed by atoms with Gasteiger partial charge in [-0.1, -0.05) is 0 Å². The Labute approximate surface area is 95.7 Å². The predicted molar refractivity (Wildman–Crippen MR) is 62.4 cm³/mol. The van der Waals surface area contributed by atoms with Crippen molar-refractivity contribution in [1.82, 2.24) is 4.90 Å². The fourth-order valence-corrected chi connectivity index (χ4v) is 1.85. The van der Waals surface area contributed by atoms with Gasteiger partial charge in [-0.05, 0) is 52.2 Å². The van der Waals surface area contributed by atoms with Crippen molar-refractivity contribution in [3.05, 3.63) is 47.3 Å². The fourth-order valence-electron chi connectivity index (χ4n) is 1.85. The van der Waals surface area contributed by atoms with Crippen molar-refractivity contribution in [2.75, 3.05) is 14.1 Å². The standard InChI is InChI=1S/C13H17NO2/c1-9-5-7-11(15-9)13(14(3)4)12-8-6-10(2)16-12/h5-8,13H,1-4H3. The van der Waals surface area contributed by atoms with E-state index in [1.165, 1.54) is 0 Å². The predicted octanol–water partition coefficient (Wildman–Crippen LogP) is 3.14. The fraction of sp³-hybridized carbons (Fsp3) is 0.385. The summed E-state index contributed by atoms with van der Waals surface area (Å²) in [5, 5.41) is 0. The first kappa shape index (κ1) is 11.0. The lowest BCUT2D eigenvalue weighted by atomic mass is 10.1. The minimum absolute atomic E-state index is 0.0439. The lowest BCUT2D eigenvalue weighted by Crippen LogP contribution is -2.20. The number of rotatable bonds is 3. The minimum Gasteiger partial charge on any atom is -0.464 e. The van der Waals surface area contributed by atoms with Gasteiger partial charge in [0.1, 0.15) is 29.1 Å². The molecule has 86 valence electrons. The largest absolute Gasteiger partial charge is 0.464 e. The van der Waals surface area contributed by atoms with E-state index in [0.29, 0.717) is 0 Å². The highest BCUT2D eigenvalue weighted by Gasteiger charge is 2.22. The summed E-state index contributed by atoms with van der Waals surface area (Å²) in [6.45, 7) is 3.90. The first-order valence-electron chi connectivity index (χ1n) is 5.37. The van der Waals surface area contributed by atoms with Gasteiger partial charge >= 0.3 is 0 Å². The second kappa shape index (κ2) is 4.18. The van der Waals surface area contributed by atoms with Crippen LogP contribution in [-0.2, 0) is 0 Å². The highest BCUT2D eigenvalue weighted by atomic mass is 16.4. The number of nitrogens with zero attached hydrogens (tertiary/aromatic N) is 1. The molecule has 0 amide bonds. The summed E-state index contributed by atoms with van der Waals surface area (Å²) in [5.41, 5.74) is 0. The van der Waals surface area contributed by atoms with Gasteiger partial charge in [-0.2, -0.15) is 0 Å². The van der Waals surface area contributed by atoms with E-state index in [0.717, 1.165) is 23.0 Å². The summed E-state index contributed by atoms with van der Waals surface area (Å²) in [4.78, 5) is 2.08. The number of furan rings is 2. The van der Waals surface area contributed by atoms with Gasteiger partial charge in [0.2, 0.25) is 0 Å². The van der Waals surface area contributed by atoms with E-state index in [9.17, 15) is 0 Å². The smallest absolute Gasteiger partial charge is 0.129 e. The molecule has 2 rings (SSSR count). The van der Waals surface area contributed by atoms with Crippen molar-refractivity contribution >= 4 is 0 Å². The first-order chi connectivity index (χ1) is 7.58. The van der Waals surface area contributed by atoms with Gasteiger partial charge in [0.05, 0.1) is 0 Å². The molecule has 0 saturated heterocycles. The highest BCUT2D eigenvalue weighted by molar-refractivity contribution is 5.21. The Kier molecular flexibility index (Phi) is 2.88. The Bertz CT molecular complexity index is 427. The molecule has 0 N–H and O–H groups in total. The average Bonchev–Trinajstić information content (AvgIpc) is 2.76. The molecule has 0 fully saturated rings. The van der Waals surface area contributed by atoms with Crippen LogP contribution in [0.25, 0.3) is 0 Å². The van der Waals surface area contributed by atoms with Crippen molar-refractivity contribution in [1.29, 1.82) is 0 Å². The molecule has 0 saturated carbocycles. The van der Waals surface area contributed by atoms with Crippen molar-refractivity contribution < 1.29 is 8.83 Å². The van der Waals surface area contributed by atoms with Crippen LogP contribution in [-0.4, -0.2) is 19.0 Å². The van der Waals surface area contributed by atoms with E-state index in [1.807, 2.05) is 52.2 Å². The highest BCUT2D eigenvalue weighted by Crippen LogP contribution is 2.29. The van der Waals surface area contributed by atoms with Crippen LogP contribution < -0.4 is 0 Å². The van der Waals surface area contributed by atoms with Gasteiger partial charge in [0.25, 0.3) is 0 Å². The third kappa shape index (κ3) is 2.04. The average molecular weight is 219 g/mol. The van der Waals surface area contributed by atoms with Crippen LogP contribution in [0.1, 0.15) is 29.1 Å². The summed E-state index contributed by atoms with van der Waals surface area (Å²) in [6.07, 6.45) is 0. The molecule has 0 aromatic carbocycles. The van der Waals surface area contributed by atoms with E-state index >= 15 is 0 Å². The lowest BCUT2D eigenvalue weighted by Gasteiger charge is -2.20. The molecule has 2 aromatic heterocycles. The van der Waals surface area contributed by atoms with Crippen LogP contribution >= 0.6 is 0 Å². The number of hydrogen-bond donors (Lipinski definition) is 0. The molecule has 0 unspecified atom stereocenters. The zero-order chi connectivity index (χ0) is 11.7. The number of aryl methyl sites for hydroxylation is 2. The summed E-state index contributed by atoms with van der Waals surface area (Å²) in [7, 11) is 4.03. The minimum atomic E-state index is 0.0439. The topological polar surface area (TPSA) is 29.5 Å². The van der Waals surface area contributed by atoms with Crippen molar-refractivity contribution in [3.8, 4) is 0 Å². The molecule has 0 spiro atoms. The number of hydrogen-bond acceptors (Lipinski definition) is 3. The second-order valence-corrected chi connectivity index (χ2v) is 4.26. The molecule has 3 heteroatoms. The zero-order valence-corrected chi connectivity index (χ0v) is 10.2. The van der Waals surface area contributed by atoms with Crippen molar-refractivity contribution in [2.24, 2.45) is 0 Å². The van der Waals surface area contributed by atoms with Gasteiger partial charge in [0.15, 0.2) is 0 Å².